The molecular weight excluding hydrogens is 797 g/mol. The minimum atomic E-state index is -0.827. The number of epoxide rings is 3. The van der Waals surface area contributed by atoms with E-state index in [9.17, 15) is 14.4 Å². The van der Waals surface area contributed by atoms with Crippen LogP contribution < -0.4 is 0 Å². The molecule has 2 saturated carbocycles. The van der Waals surface area contributed by atoms with Gasteiger partial charge in [-0.05, 0) is 50.0 Å². The molecular formula is C41H60O15S2. The van der Waals surface area contributed by atoms with Crippen molar-refractivity contribution in [3.8, 4) is 0 Å². The molecule has 8 rings (SSSR count). The van der Waals surface area contributed by atoms with Gasteiger partial charge < -0.3 is 56.8 Å². The zero-order valence-corrected chi connectivity index (χ0v) is 35.7. The molecule has 15 nitrogen and oxygen atoms in total. The van der Waals surface area contributed by atoms with Gasteiger partial charge >= 0.3 is 18.1 Å². The van der Waals surface area contributed by atoms with Crippen LogP contribution in [0.2, 0.25) is 0 Å². The Hall–Kier alpha value is -1.67. The van der Waals surface area contributed by atoms with E-state index in [1.54, 1.807) is 0 Å². The number of fused-ring (bicyclic) bond motifs is 2. The van der Waals surface area contributed by atoms with E-state index in [0.717, 1.165) is 29.2 Å². The van der Waals surface area contributed by atoms with Gasteiger partial charge in [0, 0.05) is 34.8 Å². The molecule has 0 N–H and O–H groups in total. The van der Waals surface area contributed by atoms with Crippen molar-refractivity contribution in [1.82, 2.24) is 0 Å². The Balaban J connectivity index is 0.638. The summed E-state index contributed by atoms with van der Waals surface area (Å²) in [5.74, 6) is 1.00. The van der Waals surface area contributed by atoms with Crippen molar-refractivity contribution in [3.63, 3.8) is 0 Å². The van der Waals surface area contributed by atoms with Crippen molar-refractivity contribution in [2.75, 3.05) is 91.6 Å². The van der Waals surface area contributed by atoms with Gasteiger partial charge in [0.25, 0.3) is 0 Å². The summed E-state index contributed by atoms with van der Waals surface area (Å²) < 4.78 is 70.1. The molecule has 0 bridgehead atoms. The number of ether oxygens (including phenoxy) is 12. The van der Waals surface area contributed by atoms with Crippen molar-refractivity contribution in [2.45, 2.75) is 118 Å². The number of cyclic esters (lactones) is 1. The second kappa shape index (κ2) is 18.4. The van der Waals surface area contributed by atoms with Crippen molar-refractivity contribution < 1.29 is 71.2 Å². The zero-order chi connectivity index (χ0) is 40.4. The number of carbonyl (C=O) groups is 3. The Labute approximate surface area is 348 Å². The van der Waals surface area contributed by atoms with Crippen LogP contribution in [0.5, 0.6) is 0 Å². The van der Waals surface area contributed by atoms with Gasteiger partial charge in [0.15, 0.2) is 11.7 Å². The minimum Gasteiger partial charge on any atom is -0.463 e. The Bertz CT molecular complexity index is 1520. The molecule has 58 heavy (non-hydrogen) atoms. The van der Waals surface area contributed by atoms with Crippen LogP contribution in [0.15, 0.2) is 11.1 Å². The van der Waals surface area contributed by atoms with E-state index in [0.29, 0.717) is 91.8 Å². The number of carbonyl (C=O) groups excluding carboxylic acids is 3. The molecule has 0 aromatic carbocycles. The minimum absolute atomic E-state index is 0.0202. The fourth-order valence-corrected chi connectivity index (χ4v) is 13.8. The highest BCUT2D eigenvalue weighted by Gasteiger charge is 3.01. The second-order valence-corrected chi connectivity index (χ2v) is 19.6. The Morgan fingerprint density at radius 1 is 0.862 bits per heavy atom. The first-order chi connectivity index (χ1) is 28.2. The third-order valence-corrected chi connectivity index (χ3v) is 16.5. The Morgan fingerprint density at radius 3 is 2.16 bits per heavy atom. The lowest BCUT2D eigenvalue weighted by molar-refractivity contribution is -0.145. The van der Waals surface area contributed by atoms with Crippen LogP contribution in [-0.4, -0.2) is 156 Å². The average molecular weight is 857 g/mol. The quantitative estimate of drug-likeness (QED) is 0.0410. The Kier molecular flexibility index (Phi) is 13.6. The van der Waals surface area contributed by atoms with Gasteiger partial charge in [-0.15, -0.1) is 0 Å². The van der Waals surface area contributed by atoms with Crippen LogP contribution in [0.1, 0.15) is 72.1 Å². The summed E-state index contributed by atoms with van der Waals surface area (Å²) in [4.78, 5) is 37.5. The molecule has 10 atom stereocenters. The number of rotatable bonds is 25. The maximum absolute atomic E-state index is 13.2. The summed E-state index contributed by atoms with van der Waals surface area (Å²) in [5, 5.41) is 0.750. The molecule has 0 aromatic rings. The molecule has 0 aromatic heterocycles. The first kappa shape index (κ1) is 43.0. The van der Waals surface area contributed by atoms with Crippen LogP contribution in [0.3, 0.4) is 0 Å². The molecule has 3 spiro atoms. The van der Waals surface area contributed by atoms with E-state index >= 15 is 0 Å². The van der Waals surface area contributed by atoms with E-state index in [1.165, 1.54) is 18.6 Å². The molecule has 5 heterocycles. The number of unbranched alkanes of at least 4 members (excludes halogenated alkanes) is 1. The fourth-order valence-electron chi connectivity index (χ4n) is 10.8. The van der Waals surface area contributed by atoms with E-state index < -0.39 is 34.7 Å². The lowest BCUT2D eigenvalue weighted by Crippen LogP contribution is -2.69. The molecule has 5 aliphatic heterocycles. The summed E-state index contributed by atoms with van der Waals surface area (Å²) in [6.45, 7) is 10.8. The largest absolute Gasteiger partial charge is 0.508 e. The summed E-state index contributed by atoms with van der Waals surface area (Å²) in [6, 6.07) is 0. The number of hydrogen-bond acceptors (Lipinski definition) is 17. The lowest BCUT2D eigenvalue weighted by Gasteiger charge is -2.47. The van der Waals surface area contributed by atoms with Crippen molar-refractivity contribution in [2.24, 2.45) is 17.8 Å². The smallest absolute Gasteiger partial charge is 0.463 e. The van der Waals surface area contributed by atoms with Crippen LogP contribution in [-0.2, 0) is 66.4 Å². The van der Waals surface area contributed by atoms with Crippen LogP contribution >= 0.6 is 21.6 Å². The number of hydrogen-bond donors (Lipinski definition) is 0. The van der Waals surface area contributed by atoms with Crippen LogP contribution in [0.4, 0.5) is 4.79 Å². The monoisotopic (exact) mass is 856 g/mol. The maximum atomic E-state index is 13.2. The zero-order valence-electron chi connectivity index (χ0n) is 34.0. The fraction of sp³-hybridized carbons (Fsp3) is 0.878. The lowest BCUT2D eigenvalue weighted by atomic mass is 9.51. The molecule has 6 fully saturated rings. The van der Waals surface area contributed by atoms with E-state index in [2.05, 4.69) is 20.8 Å². The molecule has 8 aliphatic rings. The maximum Gasteiger partial charge on any atom is 0.508 e. The normalized spacial score (nSPS) is 37.2. The number of esters is 2. The average Bonchev–Trinajstić information content (AvgIpc) is 4.15. The second-order valence-electron chi connectivity index (χ2n) is 16.8. The van der Waals surface area contributed by atoms with E-state index in [1.807, 2.05) is 21.6 Å². The SMILES string of the molecule is CC(C)[C@]12O[C@H]1[C@H](C)[C@@]13O[C@@]14CCC1=C(COC1=O)[C@@H]4C[C@@H]1O[C@@]13[C@@H]2OC(=O)OCCOCCOCCOCCOCCOCCOC(=O)CCCCC1CCSS1. The molecule has 1 unspecified atom stereocenters. The molecule has 3 aliphatic carbocycles. The molecule has 0 radical (unpaired) electrons. The molecule has 17 heteroatoms. The van der Waals surface area contributed by atoms with Gasteiger partial charge in [0.2, 0.25) is 0 Å². The highest BCUT2D eigenvalue weighted by atomic mass is 33.1. The highest BCUT2D eigenvalue weighted by Crippen LogP contribution is 2.84. The summed E-state index contributed by atoms with van der Waals surface area (Å²) in [7, 11) is 3.93. The third kappa shape index (κ3) is 7.96. The topological polar surface area (TPSA) is 172 Å². The molecule has 0 amide bonds. The highest BCUT2D eigenvalue weighted by molar-refractivity contribution is 8.77. The Morgan fingerprint density at radius 2 is 1.52 bits per heavy atom. The van der Waals surface area contributed by atoms with Gasteiger partial charge in [-0.3, -0.25) is 4.79 Å². The van der Waals surface area contributed by atoms with Gasteiger partial charge in [0.05, 0.1) is 78.3 Å². The first-order valence-corrected chi connectivity index (χ1v) is 23.7. The standard InChI is InChI=1S/C41H60O15S2/c1-26(2)39-34(55-39)27(3)41-38(56-41)10-8-29-30(25-52-35(29)43)31(38)24-32-40(41,54-32)36(39)53-37(44)51-22-20-49-18-16-47-14-12-45-11-13-46-15-17-48-19-21-50-33(42)7-5-4-6-28-9-23-57-58-28/h26-28,31-32,34,36H,4-25H2,1-3H3/t27-,28?,31-,32-,34-,36+,38+,39-,40+,41+/m0/s1. The third-order valence-electron chi connectivity index (χ3n) is 13.5. The van der Waals surface area contributed by atoms with Gasteiger partial charge in [-0.2, -0.15) is 0 Å². The van der Waals surface area contributed by atoms with Gasteiger partial charge in [0.1, 0.15) is 36.6 Å². The predicted octanol–water partition coefficient (Wildman–Crippen LogP) is 4.60. The van der Waals surface area contributed by atoms with Gasteiger partial charge in [-0.1, -0.05) is 48.8 Å². The van der Waals surface area contributed by atoms with Crippen LogP contribution in [0.25, 0.3) is 0 Å². The van der Waals surface area contributed by atoms with E-state index in [-0.39, 0.29) is 61.7 Å². The predicted molar refractivity (Wildman–Crippen MR) is 209 cm³/mol. The van der Waals surface area contributed by atoms with Gasteiger partial charge in [-0.25, -0.2) is 9.59 Å². The summed E-state index contributed by atoms with van der Waals surface area (Å²) in [5.41, 5.74) is -0.823. The van der Waals surface area contributed by atoms with Crippen molar-refractivity contribution in [1.29, 1.82) is 0 Å². The van der Waals surface area contributed by atoms with E-state index in [4.69, 9.17) is 56.8 Å². The van der Waals surface area contributed by atoms with Crippen LogP contribution in [0, 0.1) is 17.8 Å². The summed E-state index contributed by atoms with van der Waals surface area (Å²) in [6.07, 6.45) is 5.08. The summed E-state index contributed by atoms with van der Waals surface area (Å²) >= 11 is 0. The van der Waals surface area contributed by atoms with Crippen molar-refractivity contribution in [3.05, 3.63) is 11.1 Å². The molecule has 4 saturated heterocycles. The molecule has 326 valence electrons. The first-order valence-electron chi connectivity index (χ1n) is 21.3. The van der Waals surface area contributed by atoms with Crippen molar-refractivity contribution >= 4 is 39.7 Å².